The molecule has 0 aliphatic rings. The van der Waals surface area contributed by atoms with Crippen molar-refractivity contribution < 1.29 is 23.0 Å². The number of ether oxygens (including phenoxy) is 3. The summed E-state index contributed by atoms with van der Waals surface area (Å²) in [6.45, 7) is 4.50. The second-order valence-electron chi connectivity index (χ2n) is 5.81. The Morgan fingerprint density at radius 2 is 1.89 bits per heavy atom. The van der Waals surface area contributed by atoms with Gasteiger partial charge < -0.3 is 24.8 Å². The van der Waals surface area contributed by atoms with Crippen molar-refractivity contribution in [3.63, 3.8) is 0 Å². The molecule has 0 amide bonds. The van der Waals surface area contributed by atoms with Crippen molar-refractivity contribution in [1.29, 1.82) is 0 Å². The van der Waals surface area contributed by atoms with Gasteiger partial charge in [0.1, 0.15) is 0 Å². The number of rotatable bonds is 13. The van der Waals surface area contributed by atoms with Gasteiger partial charge in [-0.05, 0) is 37.5 Å². The van der Waals surface area contributed by atoms with Crippen LogP contribution in [0.15, 0.2) is 23.2 Å². The summed E-state index contributed by atoms with van der Waals surface area (Å²) >= 11 is 0. The number of hydrogen-bond acceptors (Lipinski definition) is 4. The highest BCUT2D eigenvalue weighted by Crippen LogP contribution is 2.29. The van der Waals surface area contributed by atoms with E-state index in [0.717, 1.165) is 44.5 Å². The van der Waals surface area contributed by atoms with Crippen LogP contribution in [0, 0.1) is 0 Å². The van der Waals surface area contributed by atoms with Gasteiger partial charge in [0.05, 0.1) is 13.7 Å². The first-order valence-corrected chi connectivity index (χ1v) is 9.32. The Balaban J connectivity index is 2.56. The maximum absolute atomic E-state index is 12.5. The summed E-state index contributed by atoms with van der Waals surface area (Å²) in [7, 11) is 1.41. The van der Waals surface area contributed by atoms with E-state index < -0.39 is 6.61 Å². The fraction of sp³-hybridized carbons (Fsp3) is 0.632. The van der Waals surface area contributed by atoms with E-state index in [9.17, 15) is 8.78 Å². The zero-order valence-corrected chi connectivity index (χ0v) is 16.4. The highest BCUT2D eigenvalue weighted by atomic mass is 19.3. The molecule has 0 aliphatic heterocycles. The molecule has 1 aromatic rings. The smallest absolute Gasteiger partial charge is 0.387 e. The minimum absolute atomic E-state index is 0.00221. The van der Waals surface area contributed by atoms with Gasteiger partial charge in [0.15, 0.2) is 17.5 Å². The van der Waals surface area contributed by atoms with E-state index in [1.165, 1.54) is 13.2 Å². The van der Waals surface area contributed by atoms with E-state index in [2.05, 4.69) is 27.3 Å². The Bertz CT molecular complexity index is 557. The SMILES string of the molecule is CCCCOCCCNC(=NCc1ccc(OC)c(OC(F)F)c1)NCC. The first-order valence-electron chi connectivity index (χ1n) is 9.32. The van der Waals surface area contributed by atoms with Gasteiger partial charge in [-0.25, -0.2) is 4.99 Å². The average Bonchev–Trinajstić information content (AvgIpc) is 2.65. The van der Waals surface area contributed by atoms with Crippen molar-refractivity contribution in [3.8, 4) is 11.5 Å². The number of halogens is 2. The maximum Gasteiger partial charge on any atom is 0.387 e. The maximum atomic E-state index is 12.5. The molecule has 0 aliphatic carbocycles. The zero-order chi connectivity index (χ0) is 19.9. The number of unbranched alkanes of at least 4 members (excludes halogenated alkanes) is 1. The number of benzene rings is 1. The zero-order valence-electron chi connectivity index (χ0n) is 16.4. The van der Waals surface area contributed by atoms with Gasteiger partial charge in [0, 0.05) is 26.3 Å². The number of aliphatic imine (C=N–C) groups is 1. The van der Waals surface area contributed by atoms with Crippen molar-refractivity contribution in [1.82, 2.24) is 10.6 Å². The van der Waals surface area contributed by atoms with E-state index in [1.807, 2.05) is 6.92 Å². The fourth-order valence-electron chi connectivity index (χ4n) is 2.25. The van der Waals surface area contributed by atoms with Crippen molar-refractivity contribution in [2.75, 3.05) is 33.4 Å². The molecule has 0 radical (unpaired) electrons. The lowest BCUT2D eigenvalue weighted by Crippen LogP contribution is -2.38. The van der Waals surface area contributed by atoms with Gasteiger partial charge in [-0.1, -0.05) is 19.4 Å². The van der Waals surface area contributed by atoms with Crippen molar-refractivity contribution >= 4 is 5.96 Å². The largest absolute Gasteiger partial charge is 0.493 e. The lowest BCUT2D eigenvalue weighted by atomic mass is 10.2. The summed E-state index contributed by atoms with van der Waals surface area (Å²) in [5.74, 6) is 0.928. The van der Waals surface area contributed by atoms with E-state index in [0.29, 0.717) is 19.1 Å². The minimum atomic E-state index is -2.91. The quantitative estimate of drug-likeness (QED) is 0.308. The summed E-state index contributed by atoms with van der Waals surface area (Å²) < 4.78 is 40.1. The molecule has 2 N–H and O–H groups in total. The summed E-state index contributed by atoms with van der Waals surface area (Å²) in [5.41, 5.74) is 0.742. The molecule has 0 saturated heterocycles. The van der Waals surface area contributed by atoms with E-state index in [-0.39, 0.29) is 11.5 Å². The molecule has 6 nitrogen and oxygen atoms in total. The number of alkyl halides is 2. The third-order valence-corrected chi connectivity index (χ3v) is 3.61. The van der Waals surface area contributed by atoms with Crippen LogP contribution in [0.1, 0.15) is 38.7 Å². The molecule has 27 heavy (non-hydrogen) atoms. The van der Waals surface area contributed by atoms with Gasteiger partial charge in [0.25, 0.3) is 0 Å². The molecular formula is C19H31F2N3O3. The van der Waals surface area contributed by atoms with Gasteiger partial charge in [-0.2, -0.15) is 8.78 Å². The topological polar surface area (TPSA) is 64.1 Å². The lowest BCUT2D eigenvalue weighted by Gasteiger charge is -2.13. The first kappa shape index (κ1) is 23.0. The van der Waals surface area contributed by atoms with E-state index in [4.69, 9.17) is 9.47 Å². The fourth-order valence-corrected chi connectivity index (χ4v) is 2.25. The van der Waals surface area contributed by atoms with Crippen LogP contribution in [0.4, 0.5) is 8.78 Å². The van der Waals surface area contributed by atoms with E-state index >= 15 is 0 Å². The molecule has 0 atom stereocenters. The second kappa shape index (κ2) is 14.0. The highest BCUT2D eigenvalue weighted by Gasteiger charge is 2.11. The summed E-state index contributed by atoms with van der Waals surface area (Å²) in [4.78, 5) is 4.48. The van der Waals surface area contributed by atoms with Gasteiger partial charge in [0.2, 0.25) is 0 Å². The molecule has 0 fully saturated rings. The molecular weight excluding hydrogens is 356 g/mol. The third kappa shape index (κ3) is 9.98. The van der Waals surface area contributed by atoms with Crippen molar-refractivity contribution in [3.05, 3.63) is 23.8 Å². The molecule has 1 aromatic carbocycles. The van der Waals surface area contributed by atoms with Crippen LogP contribution >= 0.6 is 0 Å². The van der Waals surface area contributed by atoms with Crippen LogP contribution in [0.25, 0.3) is 0 Å². The molecule has 0 heterocycles. The predicted octanol–water partition coefficient (Wildman–Crippen LogP) is 3.56. The van der Waals surface area contributed by atoms with Gasteiger partial charge in [-0.3, -0.25) is 0 Å². The molecule has 0 saturated carbocycles. The van der Waals surface area contributed by atoms with Crippen molar-refractivity contribution in [2.24, 2.45) is 4.99 Å². The Kier molecular flexibility index (Phi) is 11.9. The summed E-state index contributed by atoms with van der Waals surface area (Å²) in [5, 5.41) is 6.39. The molecule has 154 valence electrons. The van der Waals surface area contributed by atoms with Crippen LogP contribution in [0.3, 0.4) is 0 Å². The number of nitrogens with one attached hydrogen (secondary N) is 2. The second-order valence-corrected chi connectivity index (χ2v) is 5.81. The third-order valence-electron chi connectivity index (χ3n) is 3.61. The van der Waals surface area contributed by atoms with Gasteiger partial charge in [-0.15, -0.1) is 0 Å². The van der Waals surface area contributed by atoms with Crippen LogP contribution < -0.4 is 20.1 Å². The normalized spacial score (nSPS) is 11.6. The number of hydrogen-bond donors (Lipinski definition) is 2. The molecule has 0 bridgehead atoms. The van der Waals surface area contributed by atoms with Crippen LogP contribution in [0.2, 0.25) is 0 Å². The number of methoxy groups -OCH3 is 1. The Morgan fingerprint density at radius 3 is 2.56 bits per heavy atom. The Hall–Kier alpha value is -2.09. The monoisotopic (exact) mass is 387 g/mol. The molecule has 0 aromatic heterocycles. The standard InChI is InChI=1S/C19H31F2N3O3/c1-4-6-11-26-12-7-10-23-19(22-5-2)24-14-15-8-9-16(25-3)17(13-15)27-18(20)21/h8-9,13,18H,4-7,10-12,14H2,1-3H3,(H2,22,23,24). The summed E-state index contributed by atoms with van der Waals surface area (Å²) in [6.07, 6.45) is 3.09. The molecule has 8 heteroatoms. The minimum Gasteiger partial charge on any atom is -0.493 e. The number of nitrogens with zero attached hydrogens (tertiary/aromatic N) is 1. The average molecular weight is 387 g/mol. The molecule has 0 spiro atoms. The Morgan fingerprint density at radius 1 is 1.11 bits per heavy atom. The van der Waals surface area contributed by atoms with E-state index in [1.54, 1.807) is 12.1 Å². The Labute approximate surface area is 160 Å². The van der Waals surface area contributed by atoms with Crippen LogP contribution in [-0.4, -0.2) is 46.0 Å². The van der Waals surface area contributed by atoms with Crippen LogP contribution in [-0.2, 0) is 11.3 Å². The lowest BCUT2D eigenvalue weighted by molar-refractivity contribution is -0.0512. The molecule has 0 unspecified atom stereocenters. The first-order chi connectivity index (χ1) is 13.1. The molecule has 1 rings (SSSR count). The van der Waals surface area contributed by atoms with Crippen LogP contribution in [0.5, 0.6) is 11.5 Å². The van der Waals surface area contributed by atoms with Gasteiger partial charge >= 0.3 is 6.61 Å². The number of guanidine groups is 1. The predicted molar refractivity (Wildman–Crippen MR) is 103 cm³/mol. The van der Waals surface area contributed by atoms with Crippen molar-refractivity contribution in [2.45, 2.75) is 46.3 Å². The highest BCUT2D eigenvalue weighted by molar-refractivity contribution is 5.79. The summed E-state index contributed by atoms with van der Waals surface area (Å²) in [6, 6.07) is 4.88.